The summed E-state index contributed by atoms with van der Waals surface area (Å²) in [6.07, 6.45) is -0.382. The molecule has 1 atom stereocenters. The Kier molecular flexibility index (Phi) is 3.61. The van der Waals surface area contributed by atoms with Crippen LogP contribution in [-0.4, -0.2) is 22.9 Å². The molecule has 0 bridgehead atoms. The van der Waals surface area contributed by atoms with Crippen molar-refractivity contribution in [2.75, 3.05) is 6.54 Å². The van der Waals surface area contributed by atoms with Gasteiger partial charge < -0.3 is 15.5 Å². The second-order valence-corrected chi connectivity index (χ2v) is 4.26. The maximum Gasteiger partial charge on any atom is 0.120 e. The summed E-state index contributed by atoms with van der Waals surface area (Å²) in [6, 6.07) is 11.6. The van der Waals surface area contributed by atoms with Crippen molar-refractivity contribution < 1.29 is 10.2 Å². The molecule has 2 rings (SSSR count). The quantitative estimate of drug-likeness (QED) is 0.754. The Balaban J connectivity index is 2.28. The summed E-state index contributed by atoms with van der Waals surface area (Å²) in [5.41, 5.74) is 0.878. The topological polar surface area (TPSA) is 52.5 Å². The number of phenolic OH excluding ortho intramolecular Hbond substituents is 1. The van der Waals surface area contributed by atoms with Crippen LogP contribution in [0, 0.1) is 0 Å². The van der Waals surface area contributed by atoms with Gasteiger partial charge in [-0.2, -0.15) is 0 Å². The second-order valence-electron chi connectivity index (χ2n) is 4.26. The van der Waals surface area contributed by atoms with Gasteiger partial charge in [-0.1, -0.05) is 30.3 Å². The van der Waals surface area contributed by atoms with E-state index in [4.69, 9.17) is 0 Å². The Hall–Kier alpha value is -1.58. The maximum atomic E-state index is 9.87. The Labute approximate surface area is 101 Å². The number of phenols is 1. The maximum absolute atomic E-state index is 9.87. The predicted octanol–water partition coefficient (Wildman–Crippen LogP) is 2.02. The first-order chi connectivity index (χ1) is 8.18. The lowest BCUT2D eigenvalue weighted by Crippen LogP contribution is -2.23. The van der Waals surface area contributed by atoms with Gasteiger partial charge in [0.15, 0.2) is 0 Å². The third-order valence-corrected chi connectivity index (χ3v) is 2.76. The molecule has 0 aliphatic rings. The number of aliphatic hydroxyl groups excluding tert-OH is 1. The predicted molar refractivity (Wildman–Crippen MR) is 69.0 cm³/mol. The lowest BCUT2D eigenvalue weighted by Gasteiger charge is -2.11. The summed E-state index contributed by atoms with van der Waals surface area (Å²) >= 11 is 0. The average molecular weight is 231 g/mol. The Morgan fingerprint density at radius 3 is 2.71 bits per heavy atom. The first kappa shape index (κ1) is 11.9. The number of hydrogen-bond donors (Lipinski definition) is 3. The third kappa shape index (κ3) is 2.75. The van der Waals surface area contributed by atoms with Gasteiger partial charge in [0, 0.05) is 18.7 Å². The van der Waals surface area contributed by atoms with E-state index in [1.165, 1.54) is 0 Å². The number of aliphatic hydroxyl groups is 1. The summed E-state index contributed by atoms with van der Waals surface area (Å²) in [7, 11) is 0. The van der Waals surface area contributed by atoms with Gasteiger partial charge >= 0.3 is 0 Å². The highest BCUT2D eigenvalue weighted by molar-refractivity contribution is 5.87. The highest BCUT2D eigenvalue weighted by Gasteiger charge is 2.06. The van der Waals surface area contributed by atoms with E-state index in [1.54, 1.807) is 13.0 Å². The van der Waals surface area contributed by atoms with Crippen LogP contribution < -0.4 is 5.32 Å². The van der Waals surface area contributed by atoms with E-state index in [2.05, 4.69) is 5.32 Å². The first-order valence-corrected chi connectivity index (χ1v) is 5.77. The first-order valence-electron chi connectivity index (χ1n) is 5.77. The second kappa shape index (κ2) is 5.17. The molecule has 3 heteroatoms. The molecule has 2 aromatic carbocycles. The van der Waals surface area contributed by atoms with Crippen molar-refractivity contribution in [3.63, 3.8) is 0 Å². The molecule has 0 saturated heterocycles. The van der Waals surface area contributed by atoms with Gasteiger partial charge in [-0.25, -0.2) is 0 Å². The molecule has 0 amide bonds. The van der Waals surface area contributed by atoms with Crippen molar-refractivity contribution >= 4 is 10.8 Å². The molecule has 0 aliphatic heterocycles. The fraction of sp³-hybridized carbons (Fsp3) is 0.286. The lowest BCUT2D eigenvalue weighted by atomic mass is 10.0. The number of benzene rings is 2. The van der Waals surface area contributed by atoms with E-state index in [1.807, 2.05) is 30.3 Å². The zero-order valence-electron chi connectivity index (χ0n) is 9.85. The molecule has 0 spiro atoms. The molecule has 0 aliphatic carbocycles. The Morgan fingerprint density at radius 2 is 1.94 bits per heavy atom. The normalized spacial score (nSPS) is 12.8. The van der Waals surface area contributed by atoms with Crippen molar-refractivity contribution in [3.05, 3.63) is 42.0 Å². The van der Waals surface area contributed by atoms with E-state index < -0.39 is 0 Å². The number of aromatic hydroxyl groups is 1. The monoisotopic (exact) mass is 231 g/mol. The van der Waals surface area contributed by atoms with Crippen LogP contribution in [0.2, 0.25) is 0 Å². The van der Waals surface area contributed by atoms with Gasteiger partial charge in [-0.15, -0.1) is 0 Å². The van der Waals surface area contributed by atoms with Crippen LogP contribution in [0.1, 0.15) is 12.5 Å². The van der Waals surface area contributed by atoms with Crippen LogP contribution >= 0.6 is 0 Å². The highest BCUT2D eigenvalue weighted by Crippen LogP contribution is 2.26. The summed E-state index contributed by atoms with van der Waals surface area (Å²) < 4.78 is 0. The van der Waals surface area contributed by atoms with Crippen molar-refractivity contribution in [3.8, 4) is 5.75 Å². The van der Waals surface area contributed by atoms with Crippen LogP contribution in [0.15, 0.2) is 36.4 Å². The zero-order chi connectivity index (χ0) is 12.3. The molecule has 0 saturated carbocycles. The largest absolute Gasteiger partial charge is 0.508 e. The number of rotatable bonds is 4. The summed E-state index contributed by atoms with van der Waals surface area (Å²) in [5, 5.41) is 24.3. The highest BCUT2D eigenvalue weighted by atomic mass is 16.3. The molecule has 3 N–H and O–H groups in total. The molecule has 0 heterocycles. The molecular formula is C14H17NO2. The molecule has 0 aromatic heterocycles. The van der Waals surface area contributed by atoms with Crippen LogP contribution in [0.5, 0.6) is 5.75 Å². The standard InChI is InChI=1S/C14H17NO2/c1-10(16)8-15-9-13-12-5-3-2-4-11(12)6-7-14(13)17/h2-7,10,15-17H,8-9H2,1H3/t10-/m0/s1. The molecule has 17 heavy (non-hydrogen) atoms. The van der Waals surface area contributed by atoms with E-state index in [9.17, 15) is 10.2 Å². The Morgan fingerprint density at radius 1 is 1.18 bits per heavy atom. The fourth-order valence-corrected chi connectivity index (χ4v) is 1.92. The minimum atomic E-state index is -0.382. The van der Waals surface area contributed by atoms with Crippen LogP contribution in [-0.2, 0) is 6.54 Å². The molecule has 90 valence electrons. The smallest absolute Gasteiger partial charge is 0.120 e. The van der Waals surface area contributed by atoms with Crippen molar-refractivity contribution in [2.24, 2.45) is 0 Å². The van der Waals surface area contributed by atoms with Crippen molar-refractivity contribution in [1.29, 1.82) is 0 Å². The Bertz CT molecular complexity index is 509. The number of hydrogen-bond acceptors (Lipinski definition) is 3. The number of fused-ring (bicyclic) bond motifs is 1. The molecule has 0 fully saturated rings. The zero-order valence-corrected chi connectivity index (χ0v) is 9.85. The van der Waals surface area contributed by atoms with Gasteiger partial charge in [0.2, 0.25) is 0 Å². The van der Waals surface area contributed by atoms with E-state index >= 15 is 0 Å². The van der Waals surface area contributed by atoms with E-state index in [-0.39, 0.29) is 6.10 Å². The SMILES string of the molecule is C[C@H](O)CNCc1c(O)ccc2ccccc12. The molecular weight excluding hydrogens is 214 g/mol. The minimum Gasteiger partial charge on any atom is -0.508 e. The van der Waals surface area contributed by atoms with Crippen molar-refractivity contribution in [1.82, 2.24) is 5.32 Å². The van der Waals surface area contributed by atoms with Gasteiger partial charge in [-0.05, 0) is 23.8 Å². The summed E-state index contributed by atoms with van der Waals surface area (Å²) in [5.74, 6) is 0.293. The third-order valence-electron chi connectivity index (χ3n) is 2.76. The van der Waals surface area contributed by atoms with Crippen LogP contribution in [0.4, 0.5) is 0 Å². The molecule has 2 aromatic rings. The van der Waals surface area contributed by atoms with Gasteiger partial charge in [-0.3, -0.25) is 0 Å². The van der Waals surface area contributed by atoms with E-state index in [0.717, 1.165) is 16.3 Å². The van der Waals surface area contributed by atoms with Gasteiger partial charge in [0.25, 0.3) is 0 Å². The summed E-state index contributed by atoms with van der Waals surface area (Å²) in [6.45, 7) is 2.80. The molecule has 0 unspecified atom stereocenters. The lowest BCUT2D eigenvalue weighted by molar-refractivity contribution is 0.191. The van der Waals surface area contributed by atoms with E-state index in [0.29, 0.717) is 18.8 Å². The average Bonchev–Trinajstić information content (AvgIpc) is 2.32. The minimum absolute atomic E-state index is 0.293. The van der Waals surface area contributed by atoms with Crippen LogP contribution in [0.3, 0.4) is 0 Å². The van der Waals surface area contributed by atoms with Crippen molar-refractivity contribution in [2.45, 2.75) is 19.6 Å². The van der Waals surface area contributed by atoms with Crippen LogP contribution in [0.25, 0.3) is 10.8 Å². The molecule has 3 nitrogen and oxygen atoms in total. The molecule has 0 radical (unpaired) electrons. The summed E-state index contributed by atoms with van der Waals surface area (Å²) in [4.78, 5) is 0. The van der Waals surface area contributed by atoms with Gasteiger partial charge in [0.1, 0.15) is 5.75 Å². The number of nitrogens with one attached hydrogen (secondary N) is 1. The fourth-order valence-electron chi connectivity index (χ4n) is 1.92. The van der Waals surface area contributed by atoms with Gasteiger partial charge in [0.05, 0.1) is 6.10 Å².